The Labute approximate surface area is 264 Å². The van der Waals surface area contributed by atoms with Crippen LogP contribution in [0, 0.1) is 0 Å². The first-order chi connectivity index (χ1) is 21.4. The molecule has 3 aromatic carbocycles. The minimum atomic E-state index is -0.367. The number of hydrogen-bond acceptors (Lipinski definition) is 8. The van der Waals surface area contributed by atoms with Crippen LogP contribution in [0.25, 0.3) is 0 Å². The van der Waals surface area contributed by atoms with Gasteiger partial charge in [0.2, 0.25) is 0 Å². The zero-order valence-electron chi connectivity index (χ0n) is 27.2. The van der Waals surface area contributed by atoms with Crippen LogP contribution in [0.4, 0.5) is 5.69 Å². The topological polar surface area (TPSA) is 94.3 Å². The number of anilines is 1. The van der Waals surface area contributed by atoms with Crippen molar-refractivity contribution < 1.29 is 23.8 Å². The fourth-order valence-electron chi connectivity index (χ4n) is 4.50. The van der Waals surface area contributed by atoms with Crippen molar-refractivity contribution in [3.8, 4) is 5.75 Å². The zero-order chi connectivity index (χ0) is 32.2. The van der Waals surface area contributed by atoms with E-state index in [9.17, 15) is 9.59 Å². The SMILES string of the molecule is CCCOc1cc(N)ccc1C(=O)OCCN(CC)CC.CCN(CC)CCC(OC(=O)c1ccccc1)c1ccccc1. The van der Waals surface area contributed by atoms with Gasteiger partial charge in [0, 0.05) is 31.3 Å². The summed E-state index contributed by atoms with van der Waals surface area (Å²) >= 11 is 0. The highest BCUT2D eigenvalue weighted by Gasteiger charge is 2.19. The summed E-state index contributed by atoms with van der Waals surface area (Å²) < 4.78 is 16.7. The number of carbonyl (C=O) groups excluding carboxylic acids is 2. The van der Waals surface area contributed by atoms with Gasteiger partial charge < -0.3 is 29.7 Å². The Morgan fingerprint density at radius 3 is 1.91 bits per heavy atom. The molecule has 44 heavy (non-hydrogen) atoms. The summed E-state index contributed by atoms with van der Waals surface area (Å²) in [5.41, 5.74) is 8.37. The first kappa shape index (κ1) is 36.3. The van der Waals surface area contributed by atoms with Gasteiger partial charge in [-0.1, -0.05) is 83.1 Å². The van der Waals surface area contributed by atoms with Gasteiger partial charge in [-0.3, -0.25) is 0 Å². The maximum atomic E-state index is 12.4. The maximum Gasteiger partial charge on any atom is 0.341 e. The summed E-state index contributed by atoms with van der Waals surface area (Å²) in [5, 5.41) is 0. The molecule has 0 aliphatic carbocycles. The van der Waals surface area contributed by atoms with Gasteiger partial charge >= 0.3 is 11.9 Å². The molecular weight excluding hydrogens is 554 g/mol. The number of likely N-dealkylation sites (N-methyl/N-ethyl adjacent to an activating group) is 1. The largest absolute Gasteiger partial charge is 0.493 e. The molecule has 2 N–H and O–H groups in total. The molecule has 0 saturated heterocycles. The lowest BCUT2D eigenvalue weighted by atomic mass is 10.1. The smallest absolute Gasteiger partial charge is 0.341 e. The normalized spacial score (nSPS) is 11.4. The van der Waals surface area contributed by atoms with Crippen molar-refractivity contribution in [2.24, 2.45) is 0 Å². The van der Waals surface area contributed by atoms with Gasteiger partial charge in [0.15, 0.2) is 0 Å². The van der Waals surface area contributed by atoms with E-state index in [1.807, 2.05) is 55.5 Å². The molecule has 3 aromatic rings. The lowest BCUT2D eigenvalue weighted by Gasteiger charge is -2.23. The summed E-state index contributed by atoms with van der Waals surface area (Å²) in [4.78, 5) is 29.1. The third-order valence-electron chi connectivity index (χ3n) is 7.25. The second-order valence-electron chi connectivity index (χ2n) is 10.3. The lowest BCUT2D eigenvalue weighted by Crippen LogP contribution is -2.28. The summed E-state index contributed by atoms with van der Waals surface area (Å²) in [5.74, 6) is -0.142. The average molecular weight is 606 g/mol. The number of carbonyl (C=O) groups is 2. The number of nitrogen functional groups attached to an aromatic ring is 1. The Bertz CT molecular complexity index is 1210. The molecule has 0 radical (unpaired) electrons. The zero-order valence-corrected chi connectivity index (χ0v) is 27.2. The van der Waals surface area contributed by atoms with Crippen LogP contribution in [0.1, 0.15) is 79.8 Å². The van der Waals surface area contributed by atoms with E-state index < -0.39 is 0 Å². The minimum absolute atomic E-state index is 0.218. The second kappa shape index (κ2) is 20.9. The van der Waals surface area contributed by atoms with Gasteiger partial charge in [0.25, 0.3) is 0 Å². The standard InChI is InChI=1S/C20H25NO2.C16H26N2O3/c1-3-21(4-2)16-15-19(17-11-7-5-8-12-17)23-20(22)18-13-9-6-10-14-18;1-4-10-20-15-12-13(17)7-8-14(15)16(19)21-11-9-18(5-2)6-3/h5-14,19H,3-4,15-16H2,1-2H3;7-8,12H,4-6,9-11,17H2,1-3H3. The van der Waals surface area contributed by atoms with Gasteiger partial charge in [-0.2, -0.15) is 0 Å². The van der Waals surface area contributed by atoms with Crippen LogP contribution in [-0.2, 0) is 9.47 Å². The number of benzene rings is 3. The molecule has 8 nitrogen and oxygen atoms in total. The molecule has 0 aliphatic rings. The number of rotatable bonds is 17. The Balaban J connectivity index is 0.000000308. The van der Waals surface area contributed by atoms with Crippen LogP contribution in [0.5, 0.6) is 5.75 Å². The summed E-state index contributed by atoms with van der Waals surface area (Å²) in [6.45, 7) is 16.9. The molecule has 8 heteroatoms. The fourth-order valence-corrected chi connectivity index (χ4v) is 4.50. The molecule has 0 aromatic heterocycles. The van der Waals surface area contributed by atoms with Crippen molar-refractivity contribution in [3.63, 3.8) is 0 Å². The van der Waals surface area contributed by atoms with Gasteiger partial charge in [-0.05, 0) is 62.4 Å². The number of hydrogen-bond donors (Lipinski definition) is 1. The quantitative estimate of drug-likeness (QED) is 0.132. The molecule has 0 bridgehead atoms. The minimum Gasteiger partial charge on any atom is -0.493 e. The molecule has 0 heterocycles. The molecule has 0 aliphatic heterocycles. The third kappa shape index (κ3) is 12.8. The molecule has 0 fully saturated rings. The Morgan fingerprint density at radius 1 is 0.727 bits per heavy atom. The van der Waals surface area contributed by atoms with Crippen molar-refractivity contribution in [2.75, 3.05) is 58.2 Å². The lowest BCUT2D eigenvalue weighted by molar-refractivity contribution is 0.0253. The van der Waals surface area contributed by atoms with Gasteiger partial charge in [0.05, 0.1) is 12.2 Å². The van der Waals surface area contributed by atoms with Crippen LogP contribution >= 0.6 is 0 Å². The van der Waals surface area contributed by atoms with Crippen molar-refractivity contribution in [2.45, 2.75) is 53.6 Å². The Morgan fingerprint density at radius 2 is 1.32 bits per heavy atom. The van der Waals surface area contributed by atoms with Gasteiger partial charge in [-0.15, -0.1) is 0 Å². The van der Waals surface area contributed by atoms with Crippen molar-refractivity contribution in [3.05, 3.63) is 95.6 Å². The summed E-state index contributed by atoms with van der Waals surface area (Å²) in [7, 11) is 0. The molecule has 0 spiro atoms. The molecule has 0 amide bonds. The monoisotopic (exact) mass is 605 g/mol. The number of nitrogens with two attached hydrogens (primary N) is 1. The van der Waals surface area contributed by atoms with E-state index in [0.29, 0.717) is 35.8 Å². The maximum absolute atomic E-state index is 12.4. The number of nitrogens with zero attached hydrogens (tertiary/aromatic N) is 2. The van der Waals surface area contributed by atoms with Crippen molar-refractivity contribution in [1.82, 2.24) is 9.80 Å². The van der Waals surface area contributed by atoms with E-state index in [4.69, 9.17) is 19.9 Å². The predicted octanol–water partition coefficient (Wildman–Crippen LogP) is 6.87. The fraction of sp³-hybridized carbons (Fsp3) is 0.444. The predicted molar refractivity (Wildman–Crippen MR) is 178 cm³/mol. The van der Waals surface area contributed by atoms with E-state index in [1.54, 1.807) is 30.3 Å². The molecule has 0 saturated carbocycles. The summed E-state index contributed by atoms with van der Waals surface area (Å²) in [6, 6.07) is 24.1. The highest BCUT2D eigenvalue weighted by atomic mass is 16.5. The van der Waals surface area contributed by atoms with Gasteiger partial charge in [0.1, 0.15) is 24.0 Å². The van der Waals surface area contributed by atoms with Crippen LogP contribution in [-0.4, -0.2) is 74.2 Å². The average Bonchev–Trinajstić information content (AvgIpc) is 3.06. The van der Waals surface area contributed by atoms with Crippen LogP contribution in [0.2, 0.25) is 0 Å². The summed E-state index contributed by atoms with van der Waals surface area (Å²) in [6.07, 6.45) is 1.44. The first-order valence-corrected chi connectivity index (χ1v) is 15.8. The van der Waals surface area contributed by atoms with Crippen molar-refractivity contribution >= 4 is 17.6 Å². The highest BCUT2D eigenvalue weighted by molar-refractivity contribution is 5.93. The van der Waals surface area contributed by atoms with E-state index in [0.717, 1.165) is 57.7 Å². The van der Waals surface area contributed by atoms with E-state index >= 15 is 0 Å². The molecule has 1 atom stereocenters. The van der Waals surface area contributed by atoms with Crippen LogP contribution < -0.4 is 10.5 Å². The van der Waals surface area contributed by atoms with E-state index in [1.165, 1.54) is 0 Å². The third-order valence-corrected chi connectivity index (χ3v) is 7.25. The Hall–Kier alpha value is -3.88. The van der Waals surface area contributed by atoms with Crippen LogP contribution in [0.3, 0.4) is 0 Å². The first-order valence-electron chi connectivity index (χ1n) is 15.8. The molecular formula is C36H51N3O5. The van der Waals surface area contributed by atoms with Crippen LogP contribution in [0.15, 0.2) is 78.9 Å². The Kier molecular flexibility index (Phi) is 17.3. The number of ether oxygens (including phenoxy) is 3. The van der Waals surface area contributed by atoms with E-state index in [-0.39, 0.29) is 18.0 Å². The second-order valence-corrected chi connectivity index (χ2v) is 10.3. The molecule has 3 rings (SSSR count). The highest BCUT2D eigenvalue weighted by Crippen LogP contribution is 2.24. The van der Waals surface area contributed by atoms with Gasteiger partial charge in [-0.25, -0.2) is 9.59 Å². The molecule has 240 valence electrons. The van der Waals surface area contributed by atoms with E-state index in [2.05, 4.69) is 37.5 Å². The number of esters is 2. The van der Waals surface area contributed by atoms with Crippen molar-refractivity contribution in [1.29, 1.82) is 0 Å². The molecule has 1 unspecified atom stereocenters.